The first-order valence-corrected chi connectivity index (χ1v) is 7.38. The van der Waals surface area contributed by atoms with Gasteiger partial charge in [0, 0.05) is 5.69 Å². The number of nitrogen functional groups attached to an aromatic ring is 1. The Morgan fingerprint density at radius 3 is 2.11 bits per heavy atom. The van der Waals surface area contributed by atoms with E-state index < -0.39 is 0 Å². The molecule has 2 N–H and O–H groups in total. The minimum atomic E-state index is 0.458. The lowest BCUT2D eigenvalue weighted by Gasteiger charge is -2.57. The first-order valence-electron chi connectivity index (χ1n) is 7.38. The summed E-state index contributed by atoms with van der Waals surface area (Å²) in [5.41, 5.74) is 8.95. The summed E-state index contributed by atoms with van der Waals surface area (Å²) in [6, 6.07) is 4.27. The highest BCUT2D eigenvalue weighted by atomic mass is 14.8. The maximum Gasteiger partial charge on any atom is 0.123 e. The Labute approximate surface area is 109 Å². The van der Waals surface area contributed by atoms with Crippen molar-refractivity contribution >= 4 is 5.82 Å². The van der Waals surface area contributed by atoms with E-state index in [1.807, 2.05) is 6.07 Å². The van der Waals surface area contributed by atoms with E-state index in [0.29, 0.717) is 11.2 Å². The summed E-state index contributed by atoms with van der Waals surface area (Å²) in [4.78, 5) is 4.51. The number of anilines is 1. The number of aromatic nitrogens is 1. The first-order chi connectivity index (χ1) is 8.64. The Bertz CT molecular complexity index is 457. The summed E-state index contributed by atoms with van der Waals surface area (Å²) in [6.45, 7) is 2.14. The quantitative estimate of drug-likeness (QED) is 0.819. The van der Waals surface area contributed by atoms with E-state index >= 15 is 0 Å². The van der Waals surface area contributed by atoms with Crippen LogP contribution in [0.5, 0.6) is 0 Å². The van der Waals surface area contributed by atoms with E-state index in [2.05, 4.69) is 18.0 Å². The van der Waals surface area contributed by atoms with Gasteiger partial charge in [-0.25, -0.2) is 4.98 Å². The SMILES string of the molecule is Cc1nc(N)ccc1C12CC3CC(CC(C3)C1)C2. The standard InChI is InChI=1S/C16H22N2/c1-10-14(2-3-15(17)18-10)16-7-11-4-12(8-16)6-13(5-11)9-16/h2-3,11-13H,4-9H2,1H3,(H2,17,18). The smallest absolute Gasteiger partial charge is 0.123 e. The fraction of sp³-hybridized carbons (Fsp3) is 0.688. The van der Waals surface area contributed by atoms with Crippen molar-refractivity contribution in [2.75, 3.05) is 5.73 Å². The number of aryl methyl sites for hydroxylation is 1. The minimum absolute atomic E-state index is 0.458. The Morgan fingerprint density at radius 1 is 1.06 bits per heavy atom. The second kappa shape index (κ2) is 3.49. The molecule has 4 fully saturated rings. The third-order valence-corrected chi connectivity index (χ3v) is 5.72. The zero-order valence-corrected chi connectivity index (χ0v) is 11.2. The molecule has 0 aliphatic heterocycles. The summed E-state index contributed by atoms with van der Waals surface area (Å²) in [5, 5.41) is 0. The van der Waals surface area contributed by atoms with Gasteiger partial charge in [0.15, 0.2) is 0 Å². The highest BCUT2D eigenvalue weighted by Gasteiger charge is 2.52. The molecular weight excluding hydrogens is 220 g/mol. The van der Waals surface area contributed by atoms with Crippen molar-refractivity contribution < 1.29 is 0 Å². The molecule has 0 aromatic carbocycles. The van der Waals surface area contributed by atoms with E-state index in [1.165, 1.54) is 49.8 Å². The number of rotatable bonds is 1. The molecule has 0 saturated heterocycles. The summed E-state index contributed by atoms with van der Waals surface area (Å²) in [6.07, 6.45) is 8.73. The second-order valence-corrected chi connectivity index (χ2v) is 7.07. The highest BCUT2D eigenvalue weighted by molar-refractivity contribution is 5.39. The molecule has 0 amide bonds. The van der Waals surface area contributed by atoms with E-state index in [0.717, 1.165) is 17.8 Å². The third kappa shape index (κ3) is 1.44. The molecule has 0 spiro atoms. The largest absolute Gasteiger partial charge is 0.384 e. The van der Waals surface area contributed by atoms with Crippen molar-refractivity contribution in [2.45, 2.75) is 50.9 Å². The van der Waals surface area contributed by atoms with E-state index in [1.54, 1.807) is 0 Å². The molecule has 4 saturated carbocycles. The first kappa shape index (κ1) is 10.8. The van der Waals surface area contributed by atoms with Gasteiger partial charge in [-0.1, -0.05) is 6.07 Å². The Morgan fingerprint density at radius 2 is 1.61 bits per heavy atom. The van der Waals surface area contributed by atoms with E-state index in [-0.39, 0.29) is 0 Å². The molecule has 0 unspecified atom stereocenters. The van der Waals surface area contributed by atoms with Crippen LogP contribution in [0.1, 0.15) is 49.8 Å². The molecule has 5 rings (SSSR count). The lowest BCUT2D eigenvalue weighted by Crippen LogP contribution is -2.48. The third-order valence-electron chi connectivity index (χ3n) is 5.72. The van der Waals surface area contributed by atoms with Crippen molar-refractivity contribution in [3.05, 3.63) is 23.4 Å². The monoisotopic (exact) mass is 242 g/mol. The van der Waals surface area contributed by atoms with Gasteiger partial charge in [-0.2, -0.15) is 0 Å². The van der Waals surface area contributed by atoms with Gasteiger partial charge in [0.25, 0.3) is 0 Å². The Balaban J connectivity index is 1.79. The van der Waals surface area contributed by atoms with Crippen LogP contribution in [0.3, 0.4) is 0 Å². The van der Waals surface area contributed by atoms with Crippen LogP contribution in [0, 0.1) is 24.7 Å². The van der Waals surface area contributed by atoms with Gasteiger partial charge in [0.05, 0.1) is 0 Å². The molecule has 1 aromatic rings. The normalized spacial score (nSPS) is 41.3. The van der Waals surface area contributed by atoms with Crippen molar-refractivity contribution in [2.24, 2.45) is 17.8 Å². The minimum Gasteiger partial charge on any atom is -0.384 e. The molecule has 4 bridgehead atoms. The lowest BCUT2D eigenvalue weighted by atomic mass is 9.48. The fourth-order valence-electron chi connectivity index (χ4n) is 5.58. The summed E-state index contributed by atoms with van der Waals surface area (Å²) in [5.74, 6) is 3.65. The highest BCUT2D eigenvalue weighted by Crippen LogP contribution is 2.60. The molecule has 2 nitrogen and oxygen atoms in total. The molecular formula is C16H22N2. The Kier molecular flexibility index (Phi) is 2.10. The van der Waals surface area contributed by atoms with Gasteiger partial charge >= 0.3 is 0 Å². The molecule has 18 heavy (non-hydrogen) atoms. The predicted molar refractivity (Wildman–Crippen MR) is 73.2 cm³/mol. The summed E-state index contributed by atoms with van der Waals surface area (Å²) >= 11 is 0. The molecule has 0 atom stereocenters. The topological polar surface area (TPSA) is 38.9 Å². The molecule has 4 aliphatic carbocycles. The average Bonchev–Trinajstić information content (AvgIpc) is 2.26. The van der Waals surface area contributed by atoms with Crippen LogP contribution in [-0.2, 0) is 5.41 Å². The average molecular weight is 242 g/mol. The summed E-state index contributed by atoms with van der Waals surface area (Å²) in [7, 11) is 0. The van der Waals surface area contributed by atoms with Gasteiger partial charge in [-0.05, 0) is 80.2 Å². The summed E-state index contributed by atoms with van der Waals surface area (Å²) < 4.78 is 0. The Hall–Kier alpha value is -1.05. The van der Waals surface area contributed by atoms with Crippen molar-refractivity contribution in [3.8, 4) is 0 Å². The van der Waals surface area contributed by atoms with Crippen LogP contribution in [0.15, 0.2) is 12.1 Å². The van der Waals surface area contributed by atoms with Crippen LogP contribution in [0.2, 0.25) is 0 Å². The van der Waals surface area contributed by atoms with Crippen LogP contribution in [0.25, 0.3) is 0 Å². The zero-order chi connectivity index (χ0) is 12.3. The second-order valence-electron chi connectivity index (χ2n) is 7.07. The zero-order valence-electron chi connectivity index (χ0n) is 11.2. The van der Waals surface area contributed by atoms with Gasteiger partial charge < -0.3 is 5.73 Å². The molecule has 4 aliphatic rings. The van der Waals surface area contributed by atoms with Gasteiger partial charge in [-0.15, -0.1) is 0 Å². The fourth-order valence-corrected chi connectivity index (χ4v) is 5.58. The van der Waals surface area contributed by atoms with Crippen molar-refractivity contribution in [1.82, 2.24) is 4.98 Å². The van der Waals surface area contributed by atoms with Gasteiger partial charge in [0.1, 0.15) is 5.82 Å². The molecule has 2 heteroatoms. The maximum absolute atomic E-state index is 5.81. The van der Waals surface area contributed by atoms with Crippen LogP contribution >= 0.6 is 0 Å². The number of hydrogen-bond donors (Lipinski definition) is 1. The molecule has 96 valence electrons. The molecule has 1 aromatic heterocycles. The lowest BCUT2D eigenvalue weighted by molar-refractivity contribution is -0.00562. The number of nitrogens with zero attached hydrogens (tertiary/aromatic N) is 1. The maximum atomic E-state index is 5.81. The van der Waals surface area contributed by atoms with E-state index in [9.17, 15) is 0 Å². The number of hydrogen-bond acceptors (Lipinski definition) is 2. The van der Waals surface area contributed by atoms with Gasteiger partial charge in [-0.3, -0.25) is 0 Å². The molecule has 1 heterocycles. The van der Waals surface area contributed by atoms with E-state index in [4.69, 9.17) is 5.73 Å². The van der Waals surface area contributed by atoms with Crippen LogP contribution < -0.4 is 5.73 Å². The predicted octanol–water partition coefficient (Wildman–Crippen LogP) is 3.44. The van der Waals surface area contributed by atoms with Crippen molar-refractivity contribution in [1.29, 1.82) is 0 Å². The number of nitrogens with two attached hydrogens (primary N) is 1. The number of pyridine rings is 1. The van der Waals surface area contributed by atoms with Gasteiger partial charge in [0.2, 0.25) is 0 Å². The van der Waals surface area contributed by atoms with Crippen molar-refractivity contribution in [3.63, 3.8) is 0 Å². The molecule has 0 radical (unpaired) electrons. The van der Waals surface area contributed by atoms with Crippen LogP contribution in [-0.4, -0.2) is 4.98 Å². The van der Waals surface area contributed by atoms with Crippen LogP contribution in [0.4, 0.5) is 5.82 Å².